The van der Waals surface area contributed by atoms with E-state index in [4.69, 9.17) is 5.11 Å². The summed E-state index contributed by atoms with van der Waals surface area (Å²) in [5, 5.41) is 12.9. The third-order valence-corrected chi connectivity index (χ3v) is 2.41. The number of carboxylic acid groups (broad SMARTS) is 1. The molecule has 1 aliphatic rings. The molecule has 1 atom stereocenters. The van der Waals surface area contributed by atoms with Gasteiger partial charge in [0.15, 0.2) is 0 Å². The quantitative estimate of drug-likeness (QED) is 0.774. The van der Waals surface area contributed by atoms with E-state index in [2.05, 4.69) is 10.5 Å². The van der Waals surface area contributed by atoms with E-state index in [1.54, 1.807) is 0 Å². The number of nitrogens with zero attached hydrogens (tertiary/aromatic N) is 1. The molecule has 1 aromatic rings. The molecule has 0 amide bonds. The molecule has 0 saturated carbocycles. The van der Waals surface area contributed by atoms with Crippen LogP contribution in [0.5, 0.6) is 0 Å². The number of hydrazone groups is 1. The Labute approximate surface area is 87.6 Å². The van der Waals surface area contributed by atoms with Gasteiger partial charge in [-0.3, -0.25) is 4.79 Å². The molecule has 0 spiro atoms. The number of carboxylic acids is 1. The minimum atomic E-state index is -0.785. The second-order valence-electron chi connectivity index (χ2n) is 3.52. The molecule has 2 N–H and O–H groups in total. The molecule has 1 aliphatic heterocycles. The molecular weight excluding hydrogens is 192 g/mol. The lowest BCUT2D eigenvalue weighted by Gasteiger charge is -2.08. The lowest BCUT2D eigenvalue weighted by atomic mass is 9.95. The predicted molar refractivity (Wildman–Crippen MR) is 56.7 cm³/mol. The van der Waals surface area contributed by atoms with Crippen LogP contribution >= 0.6 is 0 Å². The van der Waals surface area contributed by atoms with Crippen molar-refractivity contribution in [2.45, 2.75) is 6.42 Å². The highest BCUT2D eigenvalue weighted by Crippen LogP contribution is 2.16. The number of nitrogens with one attached hydrogen (secondary N) is 1. The van der Waals surface area contributed by atoms with Gasteiger partial charge >= 0.3 is 5.97 Å². The molecule has 0 saturated heterocycles. The van der Waals surface area contributed by atoms with E-state index in [9.17, 15) is 4.79 Å². The van der Waals surface area contributed by atoms with Crippen molar-refractivity contribution in [3.8, 4) is 0 Å². The predicted octanol–water partition coefficient (Wildman–Crippen LogP) is 1.08. The molecule has 15 heavy (non-hydrogen) atoms. The van der Waals surface area contributed by atoms with E-state index >= 15 is 0 Å². The number of benzene rings is 1. The number of carbonyl (C=O) groups is 1. The fourth-order valence-corrected chi connectivity index (χ4v) is 1.72. The van der Waals surface area contributed by atoms with E-state index in [1.165, 1.54) is 0 Å². The Bertz CT molecular complexity index is 387. The van der Waals surface area contributed by atoms with Gasteiger partial charge in [-0.2, -0.15) is 5.10 Å². The van der Waals surface area contributed by atoms with Crippen LogP contribution in [-0.2, 0) is 4.79 Å². The second-order valence-corrected chi connectivity index (χ2v) is 3.52. The Hall–Kier alpha value is -1.84. The fraction of sp³-hybridized carbons (Fsp3) is 0.273. The van der Waals surface area contributed by atoms with E-state index in [1.807, 2.05) is 30.3 Å². The minimum absolute atomic E-state index is 0.0232. The van der Waals surface area contributed by atoms with Crippen molar-refractivity contribution in [2.24, 2.45) is 11.0 Å². The van der Waals surface area contributed by atoms with Gasteiger partial charge in [-0.15, -0.1) is 0 Å². The summed E-state index contributed by atoms with van der Waals surface area (Å²) >= 11 is 0. The van der Waals surface area contributed by atoms with E-state index in [0.717, 1.165) is 11.3 Å². The van der Waals surface area contributed by atoms with Crippen LogP contribution in [0.2, 0.25) is 0 Å². The Morgan fingerprint density at radius 2 is 2.20 bits per heavy atom. The average molecular weight is 204 g/mol. The maximum atomic E-state index is 10.6. The van der Waals surface area contributed by atoms with E-state index < -0.39 is 5.97 Å². The van der Waals surface area contributed by atoms with Crippen molar-refractivity contribution in [3.05, 3.63) is 35.9 Å². The molecule has 0 radical (unpaired) electrons. The Kier molecular flexibility index (Phi) is 2.67. The highest BCUT2D eigenvalue weighted by molar-refractivity contribution is 6.04. The lowest BCUT2D eigenvalue weighted by Crippen LogP contribution is -2.20. The summed E-state index contributed by atoms with van der Waals surface area (Å²) in [7, 11) is 0. The van der Waals surface area contributed by atoms with Crippen LogP contribution in [0.15, 0.2) is 35.4 Å². The molecule has 4 nitrogen and oxygen atoms in total. The van der Waals surface area contributed by atoms with Crippen LogP contribution in [0, 0.1) is 5.92 Å². The fourth-order valence-electron chi connectivity index (χ4n) is 1.72. The largest absolute Gasteiger partial charge is 0.481 e. The first-order valence-corrected chi connectivity index (χ1v) is 4.85. The molecule has 1 heterocycles. The van der Waals surface area contributed by atoms with Gasteiger partial charge in [0.05, 0.1) is 12.1 Å². The highest BCUT2D eigenvalue weighted by Gasteiger charge is 2.24. The summed E-state index contributed by atoms with van der Waals surface area (Å²) in [6, 6.07) is 9.67. The van der Waals surface area contributed by atoms with Crippen molar-refractivity contribution in [1.29, 1.82) is 0 Å². The summed E-state index contributed by atoms with van der Waals surface area (Å²) < 4.78 is 0. The van der Waals surface area contributed by atoms with Gasteiger partial charge in [0.25, 0.3) is 0 Å². The van der Waals surface area contributed by atoms with Crippen LogP contribution in [0.1, 0.15) is 12.0 Å². The number of hydrogen-bond acceptors (Lipinski definition) is 3. The third-order valence-electron chi connectivity index (χ3n) is 2.41. The molecule has 1 aromatic carbocycles. The molecule has 1 unspecified atom stereocenters. The summed E-state index contributed by atoms with van der Waals surface area (Å²) in [5.74, 6) is -0.808. The smallest absolute Gasteiger partial charge is 0.304 e. The minimum Gasteiger partial charge on any atom is -0.481 e. The van der Waals surface area contributed by atoms with Crippen LogP contribution in [0.3, 0.4) is 0 Å². The number of rotatable bonds is 3. The van der Waals surface area contributed by atoms with Gasteiger partial charge in [-0.1, -0.05) is 30.3 Å². The van der Waals surface area contributed by atoms with Crippen molar-refractivity contribution in [2.75, 3.05) is 6.54 Å². The zero-order valence-electron chi connectivity index (χ0n) is 8.18. The maximum absolute atomic E-state index is 10.6. The van der Waals surface area contributed by atoms with Crippen LogP contribution in [0.25, 0.3) is 0 Å². The molecular formula is C11H12N2O2. The summed E-state index contributed by atoms with van der Waals surface area (Å²) in [5.41, 5.74) is 4.69. The van der Waals surface area contributed by atoms with Gasteiger partial charge < -0.3 is 10.5 Å². The first kappa shape index (κ1) is 9.71. The zero-order chi connectivity index (χ0) is 10.7. The maximum Gasteiger partial charge on any atom is 0.304 e. The molecule has 0 aliphatic carbocycles. The molecule has 2 rings (SSSR count). The van der Waals surface area contributed by atoms with Gasteiger partial charge in [0.1, 0.15) is 0 Å². The molecule has 4 heteroatoms. The van der Waals surface area contributed by atoms with Gasteiger partial charge in [0.2, 0.25) is 0 Å². The van der Waals surface area contributed by atoms with Crippen molar-refractivity contribution in [1.82, 2.24) is 5.43 Å². The Balaban J connectivity index is 2.18. The Morgan fingerprint density at radius 3 is 2.87 bits per heavy atom. The summed E-state index contributed by atoms with van der Waals surface area (Å²) in [4.78, 5) is 10.6. The van der Waals surface area contributed by atoms with Crippen molar-refractivity contribution >= 4 is 11.7 Å². The molecule has 78 valence electrons. The molecule has 0 fully saturated rings. The van der Waals surface area contributed by atoms with E-state index in [0.29, 0.717) is 6.54 Å². The van der Waals surface area contributed by atoms with Crippen molar-refractivity contribution in [3.63, 3.8) is 0 Å². The number of hydrogen-bond donors (Lipinski definition) is 2. The lowest BCUT2D eigenvalue weighted by molar-refractivity contribution is -0.137. The Morgan fingerprint density at radius 1 is 1.47 bits per heavy atom. The topological polar surface area (TPSA) is 61.7 Å². The van der Waals surface area contributed by atoms with Crippen LogP contribution in [0.4, 0.5) is 0 Å². The average Bonchev–Trinajstić information content (AvgIpc) is 2.66. The molecule has 0 bridgehead atoms. The van der Waals surface area contributed by atoms with Crippen LogP contribution < -0.4 is 5.43 Å². The molecule has 0 aromatic heterocycles. The second kappa shape index (κ2) is 4.13. The zero-order valence-corrected chi connectivity index (χ0v) is 8.18. The summed E-state index contributed by atoms with van der Waals surface area (Å²) in [6.07, 6.45) is 0.126. The third kappa shape index (κ3) is 2.15. The van der Waals surface area contributed by atoms with Crippen molar-refractivity contribution < 1.29 is 9.90 Å². The standard InChI is InChI=1S/C11H12N2O2/c14-10(15)6-9-7-12-13-11(9)8-4-2-1-3-5-8/h1-5,9,12H,6-7H2,(H,14,15). The monoisotopic (exact) mass is 204 g/mol. The first-order chi connectivity index (χ1) is 7.27. The van der Waals surface area contributed by atoms with Gasteiger partial charge in [-0.25, -0.2) is 0 Å². The van der Waals surface area contributed by atoms with Gasteiger partial charge in [0, 0.05) is 12.5 Å². The van der Waals surface area contributed by atoms with E-state index in [-0.39, 0.29) is 12.3 Å². The SMILES string of the molecule is O=C(O)CC1CNN=C1c1ccccc1. The van der Waals surface area contributed by atoms with Gasteiger partial charge in [-0.05, 0) is 5.56 Å². The number of aliphatic carboxylic acids is 1. The normalized spacial score (nSPS) is 19.5. The van der Waals surface area contributed by atoms with Crippen LogP contribution in [-0.4, -0.2) is 23.3 Å². The highest BCUT2D eigenvalue weighted by atomic mass is 16.4. The summed E-state index contributed by atoms with van der Waals surface area (Å²) in [6.45, 7) is 0.608. The first-order valence-electron chi connectivity index (χ1n) is 4.85.